The number of carbonyl (C=O) groups excluding carboxylic acids is 1. The third-order valence-corrected chi connectivity index (χ3v) is 5.50. The predicted molar refractivity (Wildman–Crippen MR) is 95.6 cm³/mol. The van der Waals surface area contributed by atoms with Gasteiger partial charge in [0, 0.05) is 30.3 Å². The molecule has 0 aliphatic carbocycles. The van der Waals surface area contributed by atoms with Gasteiger partial charge in [-0.2, -0.15) is 18.2 Å². The Morgan fingerprint density at radius 3 is 2.68 bits per heavy atom. The van der Waals surface area contributed by atoms with Crippen molar-refractivity contribution in [2.24, 2.45) is 0 Å². The monoisotopic (exact) mass is 407 g/mol. The minimum absolute atomic E-state index is 0.0745. The molecular formula is C19H16F3N3O2S. The Labute approximate surface area is 162 Å². The van der Waals surface area contributed by atoms with Gasteiger partial charge < -0.3 is 9.42 Å². The van der Waals surface area contributed by atoms with Crippen molar-refractivity contribution in [2.75, 3.05) is 6.54 Å². The number of rotatable bonds is 5. The third-order valence-electron chi connectivity index (χ3n) is 4.62. The van der Waals surface area contributed by atoms with Gasteiger partial charge in [-0.3, -0.25) is 4.79 Å². The van der Waals surface area contributed by atoms with E-state index in [1.807, 2.05) is 17.5 Å². The highest BCUT2D eigenvalue weighted by Crippen LogP contribution is 2.31. The van der Waals surface area contributed by atoms with E-state index in [1.165, 1.54) is 12.1 Å². The molecule has 3 heterocycles. The van der Waals surface area contributed by atoms with Crippen LogP contribution < -0.4 is 0 Å². The first-order valence-electron chi connectivity index (χ1n) is 8.67. The highest BCUT2D eigenvalue weighted by Gasteiger charge is 2.34. The first kappa shape index (κ1) is 18.7. The van der Waals surface area contributed by atoms with Crippen molar-refractivity contribution in [1.82, 2.24) is 15.0 Å². The number of nitrogens with zero attached hydrogens (tertiary/aromatic N) is 3. The minimum Gasteiger partial charge on any atom is -0.339 e. The van der Waals surface area contributed by atoms with Gasteiger partial charge in [0.05, 0.1) is 12.0 Å². The Hall–Kier alpha value is -2.68. The maximum atomic E-state index is 12.7. The number of hydrogen-bond donors (Lipinski definition) is 0. The van der Waals surface area contributed by atoms with Crippen LogP contribution in [-0.4, -0.2) is 27.5 Å². The lowest BCUT2D eigenvalue weighted by atomic mass is 10.1. The van der Waals surface area contributed by atoms with Crippen LogP contribution in [0.5, 0.6) is 0 Å². The van der Waals surface area contributed by atoms with Crippen molar-refractivity contribution >= 4 is 17.2 Å². The average Bonchev–Trinajstić information content (AvgIpc) is 3.38. The summed E-state index contributed by atoms with van der Waals surface area (Å²) >= 11 is 1.60. The van der Waals surface area contributed by atoms with Crippen LogP contribution in [0.1, 0.15) is 40.1 Å². The molecule has 1 fully saturated rings. The van der Waals surface area contributed by atoms with E-state index in [1.54, 1.807) is 16.2 Å². The molecule has 0 spiro atoms. The van der Waals surface area contributed by atoms with Crippen molar-refractivity contribution in [3.05, 3.63) is 69.5 Å². The lowest BCUT2D eigenvalue weighted by Crippen LogP contribution is -2.24. The summed E-state index contributed by atoms with van der Waals surface area (Å²) in [5.41, 5.74) is -0.0551. The summed E-state index contributed by atoms with van der Waals surface area (Å²) in [5.74, 6) is 0.748. The number of aromatic nitrogens is 2. The maximum Gasteiger partial charge on any atom is 0.416 e. The molecule has 2 aromatic heterocycles. The van der Waals surface area contributed by atoms with Crippen LogP contribution in [0, 0.1) is 0 Å². The fourth-order valence-corrected chi connectivity index (χ4v) is 3.88. The maximum absolute atomic E-state index is 12.7. The SMILES string of the molecule is O=C1CC(c2noc(Cc3cccs3)n2)CN1Cc1ccc(C(F)(F)F)cc1. The lowest BCUT2D eigenvalue weighted by molar-refractivity contribution is -0.137. The fraction of sp³-hybridized carbons (Fsp3) is 0.316. The Kier molecular flexibility index (Phi) is 4.92. The smallest absolute Gasteiger partial charge is 0.339 e. The van der Waals surface area contributed by atoms with E-state index in [-0.39, 0.29) is 24.8 Å². The van der Waals surface area contributed by atoms with Gasteiger partial charge in [-0.1, -0.05) is 23.4 Å². The second kappa shape index (κ2) is 7.38. The summed E-state index contributed by atoms with van der Waals surface area (Å²) in [6.07, 6.45) is -3.55. The molecule has 1 saturated heterocycles. The quantitative estimate of drug-likeness (QED) is 0.634. The second-order valence-electron chi connectivity index (χ2n) is 6.67. The molecule has 3 aromatic rings. The van der Waals surface area contributed by atoms with E-state index in [0.29, 0.717) is 30.2 Å². The first-order chi connectivity index (χ1) is 13.4. The summed E-state index contributed by atoms with van der Waals surface area (Å²) in [5, 5.41) is 5.98. The lowest BCUT2D eigenvalue weighted by Gasteiger charge is -2.16. The highest BCUT2D eigenvalue weighted by molar-refractivity contribution is 7.09. The third kappa shape index (κ3) is 4.09. The van der Waals surface area contributed by atoms with E-state index >= 15 is 0 Å². The summed E-state index contributed by atoms with van der Waals surface area (Å²) < 4.78 is 43.3. The van der Waals surface area contributed by atoms with Gasteiger partial charge in [-0.15, -0.1) is 11.3 Å². The highest BCUT2D eigenvalue weighted by atomic mass is 32.1. The average molecular weight is 407 g/mol. The molecule has 1 amide bonds. The number of hydrogen-bond acceptors (Lipinski definition) is 5. The Bertz CT molecular complexity index is 952. The zero-order valence-corrected chi connectivity index (χ0v) is 15.5. The number of benzene rings is 1. The summed E-state index contributed by atoms with van der Waals surface area (Å²) in [7, 11) is 0. The van der Waals surface area contributed by atoms with Gasteiger partial charge in [0.2, 0.25) is 11.8 Å². The number of halogens is 3. The van der Waals surface area contributed by atoms with Gasteiger partial charge in [-0.25, -0.2) is 0 Å². The second-order valence-corrected chi connectivity index (χ2v) is 7.70. The van der Waals surface area contributed by atoms with E-state index in [9.17, 15) is 18.0 Å². The van der Waals surface area contributed by atoms with Crippen LogP contribution in [0.3, 0.4) is 0 Å². The van der Waals surface area contributed by atoms with Crippen molar-refractivity contribution < 1.29 is 22.5 Å². The molecule has 1 atom stereocenters. The van der Waals surface area contributed by atoms with Crippen molar-refractivity contribution in [2.45, 2.75) is 31.5 Å². The van der Waals surface area contributed by atoms with Gasteiger partial charge in [0.1, 0.15) is 0 Å². The van der Waals surface area contributed by atoms with Crippen LogP contribution in [0.15, 0.2) is 46.3 Å². The fourth-order valence-electron chi connectivity index (χ4n) is 3.19. The first-order valence-corrected chi connectivity index (χ1v) is 9.55. The molecule has 5 nitrogen and oxygen atoms in total. The van der Waals surface area contributed by atoms with Crippen LogP contribution >= 0.6 is 11.3 Å². The van der Waals surface area contributed by atoms with Crippen molar-refractivity contribution in [3.8, 4) is 0 Å². The predicted octanol–water partition coefficient (Wildman–Crippen LogP) is 4.26. The topological polar surface area (TPSA) is 59.2 Å². The van der Waals surface area contributed by atoms with Crippen molar-refractivity contribution in [3.63, 3.8) is 0 Å². The molecule has 1 aliphatic rings. The summed E-state index contributed by atoms with van der Waals surface area (Å²) in [6.45, 7) is 0.672. The molecule has 1 aromatic carbocycles. The zero-order chi connectivity index (χ0) is 19.7. The zero-order valence-electron chi connectivity index (χ0n) is 14.6. The molecular weight excluding hydrogens is 391 g/mol. The normalized spacial score (nSPS) is 17.5. The Morgan fingerprint density at radius 2 is 2.00 bits per heavy atom. The van der Waals surface area contributed by atoms with Gasteiger partial charge in [0.25, 0.3) is 0 Å². The molecule has 28 heavy (non-hydrogen) atoms. The molecule has 0 radical (unpaired) electrons. The minimum atomic E-state index is -4.37. The van der Waals surface area contributed by atoms with E-state index < -0.39 is 11.7 Å². The summed E-state index contributed by atoms with van der Waals surface area (Å²) in [4.78, 5) is 19.4. The molecule has 1 aliphatic heterocycles. The molecule has 146 valence electrons. The standard InChI is InChI=1S/C19H16F3N3O2S/c20-19(21,22)14-5-3-12(4-6-14)10-25-11-13(8-17(25)26)18-23-16(27-24-18)9-15-2-1-7-28-15/h1-7,13H,8-11H2. The van der Waals surface area contributed by atoms with Crippen LogP contribution in [0.2, 0.25) is 0 Å². The van der Waals surface area contributed by atoms with E-state index in [0.717, 1.165) is 17.0 Å². The number of alkyl halides is 3. The summed E-state index contributed by atoms with van der Waals surface area (Å²) in [6, 6.07) is 8.80. The number of likely N-dealkylation sites (tertiary alicyclic amines) is 1. The van der Waals surface area contributed by atoms with Crippen LogP contribution in [0.25, 0.3) is 0 Å². The largest absolute Gasteiger partial charge is 0.416 e. The van der Waals surface area contributed by atoms with Gasteiger partial charge in [-0.05, 0) is 29.1 Å². The van der Waals surface area contributed by atoms with Crippen LogP contribution in [-0.2, 0) is 23.9 Å². The molecule has 1 unspecified atom stereocenters. The number of amides is 1. The number of carbonyl (C=O) groups is 1. The van der Waals surface area contributed by atoms with E-state index in [2.05, 4.69) is 10.1 Å². The molecule has 0 bridgehead atoms. The van der Waals surface area contributed by atoms with E-state index in [4.69, 9.17) is 4.52 Å². The number of thiophene rings is 1. The van der Waals surface area contributed by atoms with Crippen LogP contribution in [0.4, 0.5) is 13.2 Å². The Morgan fingerprint density at radius 1 is 1.21 bits per heavy atom. The molecule has 0 saturated carbocycles. The molecule has 4 rings (SSSR count). The molecule has 0 N–H and O–H groups in total. The molecule has 9 heteroatoms. The Balaban J connectivity index is 1.39. The van der Waals surface area contributed by atoms with Gasteiger partial charge >= 0.3 is 6.18 Å². The van der Waals surface area contributed by atoms with Gasteiger partial charge in [0.15, 0.2) is 5.82 Å². The van der Waals surface area contributed by atoms with Crippen molar-refractivity contribution in [1.29, 1.82) is 0 Å².